The molecule has 0 heterocycles. The number of carbonyl (C=O) groups is 1. The second-order valence-corrected chi connectivity index (χ2v) is 9.02. The first-order valence-corrected chi connectivity index (χ1v) is 10.9. The van der Waals surface area contributed by atoms with Crippen molar-refractivity contribution < 1.29 is 17.6 Å². The van der Waals surface area contributed by atoms with Gasteiger partial charge in [-0.1, -0.05) is 26.0 Å². The van der Waals surface area contributed by atoms with E-state index in [4.69, 9.17) is 0 Å². The number of carbonyl (C=O) groups excluding carboxylic acids is 1. The van der Waals surface area contributed by atoms with E-state index in [9.17, 15) is 17.6 Å². The predicted octanol–water partition coefficient (Wildman–Crippen LogP) is 3.32. The predicted molar refractivity (Wildman–Crippen MR) is 106 cm³/mol. The molecule has 0 aliphatic heterocycles. The fourth-order valence-electron chi connectivity index (χ4n) is 3.36. The van der Waals surface area contributed by atoms with Gasteiger partial charge in [-0.15, -0.1) is 0 Å². The van der Waals surface area contributed by atoms with Gasteiger partial charge in [-0.05, 0) is 54.8 Å². The Hall–Kier alpha value is -2.25. The van der Waals surface area contributed by atoms with E-state index < -0.39 is 10.0 Å². The minimum Gasteiger partial charge on any atom is -0.351 e. The van der Waals surface area contributed by atoms with Crippen molar-refractivity contribution in [2.45, 2.75) is 37.0 Å². The van der Waals surface area contributed by atoms with E-state index in [0.717, 1.165) is 18.4 Å². The Labute approximate surface area is 165 Å². The molecule has 1 amide bonds. The maximum absolute atomic E-state index is 13.1. The van der Waals surface area contributed by atoms with Crippen LogP contribution in [0.15, 0.2) is 53.4 Å². The SMILES string of the molecule is CCN(CC)S(=O)(=O)c1ccc(C(=O)NCC2(c3ccc(F)cc3)CC2)cc1. The van der Waals surface area contributed by atoms with Gasteiger partial charge >= 0.3 is 0 Å². The first-order valence-electron chi connectivity index (χ1n) is 9.47. The van der Waals surface area contributed by atoms with Gasteiger partial charge in [-0.25, -0.2) is 12.8 Å². The Bertz CT molecular complexity index is 933. The molecular formula is C21H25FN2O3S. The summed E-state index contributed by atoms with van der Waals surface area (Å²) < 4.78 is 39.5. The summed E-state index contributed by atoms with van der Waals surface area (Å²) in [6.07, 6.45) is 1.89. The third-order valence-electron chi connectivity index (χ3n) is 5.36. The molecule has 0 radical (unpaired) electrons. The fourth-order valence-corrected chi connectivity index (χ4v) is 4.82. The van der Waals surface area contributed by atoms with Gasteiger partial charge in [-0.3, -0.25) is 4.79 Å². The number of nitrogens with one attached hydrogen (secondary N) is 1. The van der Waals surface area contributed by atoms with E-state index in [1.165, 1.54) is 40.7 Å². The highest BCUT2D eigenvalue weighted by atomic mass is 32.2. The molecule has 1 N–H and O–H groups in total. The Morgan fingerprint density at radius 3 is 2.11 bits per heavy atom. The van der Waals surface area contributed by atoms with Gasteiger partial charge in [0.2, 0.25) is 10.0 Å². The van der Waals surface area contributed by atoms with Gasteiger partial charge in [-0.2, -0.15) is 4.31 Å². The number of hydrogen-bond donors (Lipinski definition) is 1. The summed E-state index contributed by atoms with van der Waals surface area (Å²) in [5.74, 6) is -0.525. The molecule has 150 valence electrons. The maximum Gasteiger partial charge on any atom is 0.251 e. The molecule has 1 aliphatic rings. The average Bonchev–Trinajstić information content (AvgIpc) is 3.48. The van der Waals surface area contributed by atoms with Crippen LogP contribution in [0.5, 0.6) is 0 Å². The zero-order valence-electron chi connectivity index (χ0n) is 16.1. The summed E-state index contributed by atoms with van der Waals surface area (Å²) in [7, 11) is -3.54. The molecule has 1 saturated carbocycles. The minimum atomic E-state index is -3.54. The van der Waals surface area contributed by atoms with Crippen LogP contribution in [0.3, 0.4) is 0 Å². The van der Waals surface area contributed by atoms with E-state index in [-0.39, 0.29) is 22.0 Å². The molecular weight excluding hydrogens is 379 g/mol. The molecule has 0 aromatic heterocycles. The summed E-state index contributed by atoms with van der Waals surface area (Å²) >= 11 is 0. The van der Waals surface area contributed by atoms with Gasteiger partial charge in [0.1, 0.15) is 5.82 Å². The van der Waals surface area contributed by atoms with Crippen LogP contribution < -0.4 is 5.32 Å². The molecule has 0 unspecified atom stereocenters. The molecule has 28 heavy (non-hydrogen) atoms. The lowest BCUT2D eigenvalue weighted by atomic mass is 9.96. The highest BCUT2D eigenvalue weighted by molar-refractivity contribution is 7.89. The van der Waals surface area contributed by atoms with E-state index in [2.05, 4.69) is 5.32 Å². The Morgan fingerprint density at radius 2 is 1.61 bits per heavy atom. The van der Waals surface area contributed by atoms with Gasteiger partial charge in [0.25, 0.3) is 5.91 Å². The number of benzene rings is 2. The van der Waals surface area contributed by atoms with E-state index >= 15 is 0 Å². The Morgan fingerprint density at radius 1 is 1.04 bits per heavy atom. The second kappa shape index (κ2) is 8.01. The lowest BCUT2D eigenvalue weighted by molar-refractivity contribution is 0.0949. The normalized spacial score (nSPS) is 15.4. The van der Waals surface area contributed by atoms with Crippen LogP contribution in [-0.2, 0) is 15.4 Å². The van der Waals surface area contributed by atoms with Crippen LogP contribution in [0.1, 0.15) is 42.6 Å². The number of rotatable bonds is 8. The van der Waals surface area contributed by atoms with Crippen molar-refractivity contribution in [1.29, 1.82) is 0 Å². The molecule has 1 fully saturated rings. The number of nitrogens with zero attached hydrogens (tertiary/aromatic N) is 1. The third-order valence-corrected chi connectivity index (χ3v) is 7.42. The number of halogens is 1. The van der Waals surface area contributed by atoms with Crippen LogP contribution in [0, 0.1) is 5.82 Å². The molecule has 2 aromatic rings. The quantitative estimate of drug-likeness (QED) is 0.734. The Kier molecular flexibility index (Phi) is 5.86. The van der Waals surface area contributed by atoms with Crippen molar-refractivity contribution in [2.24, 2.45) is 0 Å². The smallest absolute Gasteiger partial charge is 0.251 e. The third kappa shape index (κ3) is 4.10. The topological polar surface area (TPSA) is 66.5 Å². The summed E-state index contributed by atoms with van der Waals surface area (Å²) in [6, 6.07) is 12.4. The van der Waals surface area contributed by atoms with Crippen LogP contribution in [0.2, 0.25) is 0 Å². The monoisotopic (exact) mass is 404 g/mol. The highest BCUT2D eigenvalue weighted by Crippen LogP contribution is 2.47. The van der Waals surface area contributed by atoms with Crippen LogP contribution in [-0.4, -0.2) is 38.3 Å². The minimum absolute atomic E-state index is 0.130. The highest BCUT2D eigenvalue weighted by Gasteiger charge is 2.44. The molecule has 2 aromatic carbocycles. The van der Waals surface area contributed by atoms with Crippen LogP contribution in [0.25, 0.3) is 0 Å². The lowest BCUT2D eigenvalue weighted by Crippen LogP contribution is -2.32. The van der Waals surface area contributed by atoms with E-state index in [0.29, 0.717) is 25.2 Å². The van der Waals surface area contributed by atoms with Crippen LogP contribution >= 0.6 is 0 Å². The van der Waals surface area contributed by atoms with Crippen LogP contribution in [0.4, 0.5) is 4.39 Å². The lowest BCUT2D eigenvalue weighted by Gasteiger charge is -2.19. The van der Waals surface area contributed by atoms with E-state index in [1.54, 1.807) is 26.0 Å². The zero-order valence-corrected chi connectivity index (χ0v) is 16.9. The molecule has 3 rings (SSSR count). The fraction of sp³-hybridized carbons (Fsp3) is 0.381. The largest absolute Gasteiger partial charge is 0.351 e. The molecule has 0 atom stereocenters. The molecule has 0 bridgehead atoms. The van der Waals surface area contributed by atoms with Gasteiger partial charge in [0.15, 0.2) is 0 Å². The van der Waals surface area contributed by atoms with Crippen molar-refractivity contribution in [2.75, 3.05) is 19.6 Å². The van der Waals surface area contributed by atoms with E-state index in [1.807, 2.05) is 0 Å². The summed E-state index contributed by atoms with van der Waals surface area (Å²) in [5.41, 5.74) is 1.30. The second-order valence-electron chi connectivity index (χ2n) is 7.08. The van der Waals surface area contributed by atoms with Crippen molar-refractivity contribution in [3.63, 3.8) is 0 Å². The summed E-state index contributed by atoms with van der Waals surface area (Å²) in [5, 5.41) is 2.93. The van der Waals surface area contributed by atoms with Crippen molar-refractivity contribution >= 4 is 15.9 Å². The van der Waals surface area contributed by atoms with Gasteiger partial charge < -0.3 is 5.32 Å². The molecule has 1 aliphatic carbocycles. The molecule has 5 nitrogen and oxygen atoms in total. The number of hydrogen-bond acceptors (Lipinski definition) is 3. The Balaban J connectivity index is 1.66. The average molecular weight is 405 g/mol. The van der Waals surface area contributed by atoms with Crippen molar-refractivity contribution in [3.05, 3.63) is 65.5 Å². The molecule has 0 spiro atoms. The summed E-state index contributed by atoms with van der Waals surface area (Å²) in [6.45, 7) is 4.84. The van der Waals surface area contributed by atoms with Gasteiger partial charge in [0.05, 0.1) is 4.90 Å². The number of sulfonamides is 1. The zero-order chi connectivity index (χ0) is 20.4. The molecule has 0 saturated heterocycles. The maximum atomic E-state index is 13.1. The first kappa shape index (κ1) is 20.5. The number of amides is 1. The first-order chi connectivity index (χ1) is 13.3. The van der Waals surface area contributed by atoms with Crippen molar-refractivity contribution in [1.82, 2.24) is 9.62 Å². The summed E-state index contributed by atoms with van der Waals surface area (Å²) in [4.78, 5) is 12.7. The van der Waals surface area contributed by atoms with Gasteiger partial charge in [0, 0.05) is 30.6 Å². The van der Waals surface area contributed by atoms with Crippen molar-refractivity contribution in [3.8, 4) is 0 Å². The molecule has 7 heteroatoms. The standard InChI is InChI=1S/C21H25FN2O3S/c1-3-24(4-2)28(26,27)19-11-5-16(6-12-19)20(25)23-15-21(13-14-21)17-7-9-18(22)10-8-17/h5-12H,3-4,13-15H2,1-2H3,(H,23,25).